The number of carbonyl (C=O) groups is 2. The third kappa shape index (κ3) is 4.82. The van der Waals surface area contributed by atoms with Gasteiger partial charge in [0.1, 0.15) is 12.9 Å². The van der Waals surface area contributed by atoms with Crippen LogP contribution in [-0.2, 0) is 27.7 Å². The molecule has 2 aliphatic heterocycles. The number of piperidine rings is 1. The number of hydrogen-bond donors (Lipinski definition) is 2. The van der Waals surface area contributed by atoms with E-state index in [4.69, 9.17) is 21.3 Å². The zero-order valence-corrected chi connectivity index (χ0v) is 27.8. The van der Waals surface area contributed by atoms with E-state index in [1.165, 1.54) is 10.8 Å². The molecular formula is C34H30ClF3N8O5. The fraction of sp³-hybridized carbons (Fsp3) is 0.441. The highest BCUT2D eigenvalue weighted by atomic mass is 35.5. The zero-order valence-electron chi connectivity index (χ0n) is 27.1. The number of halogens is 4. The first kappa shape index (κ1) is 32.1. The van der Waals surface area contributed by atoms with Gasteiger partial charge in [-0.2, -0.15) is 22.7 Å². The highest BCUT2D eigenvalue weighted by Crippen LogP contribution is 2.73. The molecule has 2 saturated carbocycles. The summed E-state index contributed by atoms with van der Waals surface area (Å²) in [7, 11) is 0. The van der Waals surface area contributed by atoms with Crippen molar-refractivity contribution in [2.24, 2.45) is 11.8 Å². The van der Waals surface area contributed by atoms with Crippen LogP contribution in [0.2, 0.25) is 5.02 Å². The number of aromatic hydroxyl groups is 1. The van der Waals surface area contributed by atoms with E-state index in [1.807, 2.05) is 6.08 Å². The molecule has 5 heterocycles. The second-order valence-corrected chi connectivity index (χ2v) is 14.3. The number of anilines is 1. The van der Waals surface area contributed by atoms with Crippen molar-refractivity contribution in [1.82, 2.24) is 34.0 Å². The topological polar surface area (TPSA) is 157 Å². The molecule has 2 unspecified atom stereocenters. The molecule has 17 heteroatoms. The minimum Gasteiger partial charge on any atom is -0.504 e. The van der Waals surface area contributed by atoms with Gasteiger partial charge >= 0.3 is 6.18 Å². The van der Waals surface area contributed by atoms with Gasteiger partial charge in [-0.05, 0) is 68.2 Å². The molecule has 3 aliphatic carbocycles. The predicted octanol–water partition coefficient (Wildman–Crippen LogP) is 4.10. The highest BCUT2D eigenvalue weighted by Gasteiger charge is 2.73. The van der Waals surface area contributed by atoms with Gasteiger partial charge in [0.15, 0.2) is 17.3 Å². The molecule has 0 bridgehead atoms. The number of alkyl halides is 3. The summed E-state index contributed by atoms with van der Waals surface area (Å²) in [6.07, 6.45) is 1.01. The third-order valence-corrected chi connectivity index (χ3v) is 11.5. The minimum absolute atomic E-state index is 0.0152. The smallest absolute Gasteiger partial charge is 0.416 e. The van der Waals surface area contributed by atoms with Gasteiger partial charge in [0.05, 0.1) is 35.2 Å². The molecular weight excluding hydrogens is 693 g/mol. The van der Waals surface area contributed by atoms with Crippen molar-refractivity contribution >= 4 is 40.5 Å². The second kappa shape index (κ2) is 11.1. The van der Waals surface area contributed by atoms with E-state index >= 15 is 0 Å². The Kier molecular flexibility index (Phi) is 6.98. The van der Waals surface area contributed by atoms with Gasteiger partial charge in [-0.1, -0.05) is 17.7 Å². The number of aromatic nitrogens is 6. The van der Waals surface area contributed by atoms with Crippen molar-refractivity contribution in [1.29, 1.82) is 0 Å². The summed E-state index contributed by atoms with van der Waals surface area (Å²) in [5.41, 5.74) is 0.554. The van der Waals surface area contributed by atoms with Crippen LogP contribution < -0.4 is 10.9 Å². The molecule has 3 fully saturated rings. The van der Waals surface area contributed by atoms with Gasteiger partial charge in [-0.3, -0.25) is 14.4 Å². The lowest BCUT2D eigenvalue weighted by Gasteiger charge is -2.40. The lowest BCUT2D eigenvalue weighted by atomic mass is 9.70. The molecule has 5 aliphatic rings. The van der Waals surface area contributed by atoms with Crippen molar-refractivity contribution in [3.63, 3.8) is 0 Å². The quantitative estimate of drug-likeness (QED) is 0.310. The number of likely N-dealkylation sites (tertiary alicyclic amines) is 1. The normalized spacial score (nSPS) is 26.1. The van der Waals surface area contributed by atoms with Gasteiger partial charge in [-0.15, -0.1) is 5.10 Å². The largest absolute Gasteiger partial charge is 0.504 e. The van der Waals surface area contributed by atoms with E-state index in [9.17, 15) is 32.7 Å². The molecule has 9 rings (SSSR count). The van der Waals surface area contributed by atoms with Crippen LogP contribution in [0.25, 0.3) is 11.4 Å². The van der Waals surface area contributed by atoms with Gasteiger partial charge in [0.25, 0.3) is 11.5 Å². The Bertz CT molecular complexity index is 2290. The van der Waals surface area contributed by atoms with Crippen LogP contribution in [0, 0.1) is 18.8 Å². The average molecular weight is 723 g/mol. The third-order valence-electron chi connectivity index (χ3n) is 11.2. The average Bonchev–Trinajstić information content (AvgIpc) is 4.02. The van der Waals surface area contributed by atoms with E-state index in [2.05, 4.69) is 20.4 Å². The van der Waals surface area contributed by atoms with Gasteiger partial charge in [0.2, 0.25) is 11.7 Å². The molecule has 0 radical (unpaired) electrons. The Morgan fingerprint density at radius 2 is 2.02 bits per heavy atom. The van der Waals surface area contributed by atoms with Crippen LogP contribution in [0.5, 0.6) is 5.75 Å². The van der Waals surface area contributed by atoms with Crippen molar-refractivity contribution in [2.75, 3.05) is 25.1 Å². The second-order valence-electron chi connectivity index (χ2n) is 13.9. The van der Waals surface area contributed by atoms with E-state index in [-0.39, 0.29) is 69.7 Å². The first-order valence-electron chi connectivity index (χ1n) is 16.7. The number of amides is 2. The molecule has 1 aromatic carbocycles. The monoisotopic (exact) mass is 722 g/mol. The van der Waals surface area contributed by atoms with Crippen molar-refractivity contribution in [3.05, 3.63) is 80.0 Å². The maximum absolute atomic E-state index is 14.6. The van der Waals surface area contributed by atoms with E-state index < -0.39 is 23.1 Å². The number of rotatable bonds is 5. The van der Waals surface area contributed by atoms with Gasteiger partial charge < -0.3 is 24.6 Å². The number of nitrogens with zero attached hydrogens (tertiary/aromatic N) is 7. The minimum atomic E-state index is -4.60. The maximum atomic E-state index is 14.6. The molecule has 2 amide bonds. The SMILES string of the molecule is Cc1ncnc(C(=O)N2CC[C@]3(c4c(n(CC(=O)Nc5ccc(C(F)(F)F)cc5Cl)c5nc(C6=CCOCC6)nn5c4=O)C4CC43)[C@@H]3C[C@@H]32)c1O. The van der Waals surface area contributed by atoms with Crippen LogP contribution in [0.15, 0.2) is 35.4 Å². The van der Waals surface area contributed by atoms with E-state index in [0.717, 1.165) is 30.2 Å². The number of carbonyl (C=O) groups excluding carboxylic acids is 2. The summed E-state index contributed by atoms with van der Waals surface area (Å²) in [4.78, 5) is 56.4. The predicted molar refractivity (Wildman–Crippen MR) is 174 cm³/mol. The first-order chi connectivity index (χ1) is 24.4. The van der Waals surface area contributed by atoms with Crippen LogP contribution in [0.4, 0.5) is 18.9 Å². The van der Waals surface area contributed by atoms with Crippen LogP contribution >= 0.6 is 11.6 Å². The van der Waals surface area contributed by atoms with Crippen LogP contribution in [-0.4, -0.2) is 76.8 Å². The fourth-order valence-corrected chi connectivity index (χ4v) is 9.04. The fourth-order valence-electron chi connectivity index (χ4n) is 8.81. The molecule has 264 valence electrons. The number of ether oxygens (including phenoxy) is 1. The summed E-state index contributed by atoms with van der Waals surface area (Å²) in [6.45, 7) is 2.48. The molecule has 5 atom stereocenters. The van der Waals surface area contributed by atoms with Crippen LogP contribution in [0.3, 0.4) is 0 Å². The molecule has 13 nitrogen and oxygen atoms in total. The Morgan fingerprint density at radius 3 is 2.76 bits per heavy atom. The zero-order chi connectivity index (χ0) is 35.6. The summed E-state index contributed by atoms with van der Waals surface area (Å²) in [5.74, 6) is -0.611. The summed E-state index contributed by atoms with van der Waals surface area (Å²) >= 11 is 6.16. The Morgan fingerprint density at radius 1 is 1.20 bits per heavy atom. The molecule has 51 heavy (non-hydrogen) atoms. The van der Waals surface area contributed by atoms with Crippen molar-refractivity contribution in [2.45, 2.75) is 62.7 Å². The Labute approximate surface area is 292 Å². The number of fused-ring (bicyclic) bond motifs is 8. The summed E-state index contributed by atoms with van der Waals surface area (Å²) in [6, 6.07) is 2.55. The number of aryl methyl sites for hydroxylation is 1. The van der Waals surface area contributed by atoms with E-state index in [1.54, 1.807) is 16.4 Å². The van der Waals surface area contributed by atoms with Crippen molar-refractivity contribution < 1.29 is 32.6 Å². The lowest BCUT2D eigenvalue weighted by Crippen LogP contribution is -2.49. The summed E-state index contributed by atoms with van der Waals surface area (Å²) < 4.78 is 48.2. The summed E-state index contributed by atoms with van der Waals surface area (Å²) in [5, 5.41) is 17.6. The van der Waals surface area contributed by atoms with E-state index in [0.29, 0.717) is 61.8 Å². The van der Waals surface area contributed by atoms with Crippen molar-refractivity contribution in [3.8, 4) is 5.75 Å². The molecule has 1 spiro atoms. The lowest BCUT2D eigenvalue weighted by molar-refractivity contribution is -0.137. The first-order valence-corrected chi connectivity index (χ1v) is 17.1. The molecule has 3 aromatic heterocycles. The van der Waals surface area contributed by atoms with Crippen LogP contribution in [0.1, 0.15) is 70.4 Å². The number of nitrogens with one attached hydrogen (secondary N) is 1. The number of hydrogen-bond acceptors (Lipinski definition) is 9. The standard InChI is InChI=1S/C34H30ClF3N8O5/c1-15-28(48)26(40-14-39-15)31(50)44-7-6-33(20-12-23(20)44)19-11-18(19)27-25(33)30(49)46-32(42-29(43-46)16-4-8-51-9-5-16)45(27)13-24(47)41-22-3-2-17(10-21(22)35)34(36,37)38/h2-4,10,14,18-20,23,48H,5-9,11-13H2,1H3,(H,41,47)/t18?,19?,20-,23+,33-/m1/s1. The number of benzene rings is 1. The molecule has 4 aromatic rings. The highest BCUT2D eigenvalue weighted by molar-refractivity contribution is 6.33. The maximum Gasteiger partial charge on any atom is 0.416 e. The van der Waals surface area contributed by atoms with Gasteiger partial charge in [-0.25, -0.2) is 9.97 Å². The molecule has 1 saturated heterocycles. The Balaban J connectivity index is 1.11. The Hall–Kier alpha value is -4.83. The van der Waals surface area contributed by atoms with Gasteiger partial charge in [0, 0.05) is 35.2 Å². The molecule has 2 N–H and O–H groups in total.